The summed E-state index contributed by atoms with van der Waals surface area (Å²) in [6.07, 6.45) is 8.45. The Hall–Kier alpha value is -10.5. The minimum absolute atomic E-state index is 0.726. The summed E-state index contributed by atoms with van der Waals surface area (Å²) in [7, 11) is 0. The van der Waals surface area contributed by atoms with Crippen molar-refractivity contribution >= 4 is 90.5 Å². The maximum atomic E-state index is 5.53. The zero-order valence-corrected chi connectivity index (χ0v) is 50.8. The molecule has 2 aliphatic heterocycles. The third-order valence-corrected chi connectivity index (χ3v) is 17.3. The van der Waals surface area contributed by atoms with E-state index >= 15 is 0 Å². The first kappa shape index (κ1) is 53.5. The van der Waals surface area contributed by atoms with Gasteiger partial charge in [-0.15, -0.1) is 0 Å². The second-order valence-electron chi connectivity index (χ2n) is 24.0. The maximum Gasteiger partial charge on any atom is 0.0815 e. The molecule has 4 aromatic carbocycles. The standard InChI is InChI=1S/C78H66N8/c1-41-33-45(5)71(46(6)34-41)75-63-25-17-55(79-63)53(56-18-26-64(80-56)76(72-47(7)35-42(2)36-48(72)8)68-30-22-60(84-68)59-21-29-67(75)83-59)15-13-14-16-54-57-19-27-65(81-57)77(73-49(9)37-43(3)38-50(73)10)69-31-23-61(85-69)62-24-32-70(86-62)78(66-28-20-58(54)82-66)74-51(11)39-44(4)40-52(74)12/h17-40,79,81,83-86H,1-12H3. The van der Waals surface area contributed by atoms with Crippen molar-refractivity contribution in [2.45, 2.75) is 83.1 Å². The quantitative estimate of drug-likeness (QED) is 0.0984. The summed E-state index contributed by atoms with van der Waals surface area (Å²) in [6, 6.07) is 44.1. The summed E-state index contributed by atoms with van der Waals surface area (Å²) in [5.74, 6) is 14.0. The van der Waals surface area contributed by atoms with Gasteiger partial charge in [0.25, 0.3) is 0 Å². The van der Waals surface area contributed by atoms with E-state index in [4.69, 9.17) is 9.97 Å². The first-order valence-corrected chi connectivity index (χ1v) is 29.5. The largest absolute Gasteiger partial charge is 0.354 e. The maximum absolute atomic E-state index is 5.53. The fraction of sp³-hybridized carbons (Fsp3) is 0.154. The van der Waals surface area contributed by atoms with Crippen molar-refractivity contribution < 1.29 is 0 Å². The Balaban J connectivity index is 1.06. The van der Waals surface area contributed by atoms with Gasteiger partial charge in [0.2, 0.25) is 0 Å². The average molecular weight is 1120 g/mol. The van der Waals surface area contributed by atoms with E-state index in [-0.39, 0.29) is 0 Å². The number of nitrogens with zero attached hydrogens (tertiary/aromatic N) is 2. The molecule has 16 bridgehead atoms. The lowest BCUT2D eigenvalue weighted by atomic mass is 9.92. The van der Waals surface area contributed by atoms with Gasteiger partial charge < -0.3 is 29.9 Å². The lowest BCUT2D eigenvalue weighted by Gasteiger charge is -2.13. The average Bonchev–Trinajstić information content (AvgIpc) is 2.65. The van der Waals surface area contributed by atoms with Crippen molar-refractivity contribution in [1.82, 2.24) is 39.9 Å². The molecule has 14 rings (SSSR count). The molecule has 0 amide bonds. The number of rotatable bonds is 4. The molecular weight excluding hydrogens is 1050 g/mol. The van der Waals surface area contributed by atoms with Crippen LogP contribution in [0.5, 0.6) is 0 Å². The van der Waals surface area contributed by atoms with Gasteiger partial charge in [0.1, 0.15) is 0 Å². The fourth-order valence-corrected chi connectivity index (χ4v) is 14.1. The highest BCUT2D eigenvalue weighted by Crippen LogP contribution is 2.41. The van der Waals surface area contributed by atoms with Crippen molar-refractivity contribution in [3.63, 3.8) is 0 Å². The molecule has 8 nitrogen and oxygen atoms in total. The minimum Gasteiger partial charge on any atom is -0.354 e. The highest BCUT2D eigenvalue weighted by atomic mass is 14.8. The second-order valence-corrected chi connectivity index (χ2v) is 24.0. The van der Waals surface area contributed by atoms with Gasteiger partial charge in [-0.1, -0.05) is 70.8 Å². The molecule has 0 saturated carbocycles. The molecule has 0 unspecified atom stereocenters. The molecule has 2 aliphatic rings. The molecule has 6 N–H and O–H groups in total. The first-order chi connectivity index (χ1) is 41.5. The van der Waals surface area contributed by atoms with E-state index in [0.29, 0.717) is 0 Å². The molecule has 0 spiro atoms. The molecule has 0 aliphatic carbocycles. The summed E-state index contributed by atoms with van der Waals surface area (Å²) in [6.45, 7) is 26.2. The first-order valence-electron chi connectivity index (χ1n) is 29.5. The number of hydrogen-bond acceptors (Lipinski definition) is 2. The van der Waals surface area contributed by atoms with Gasteiger partial charge in [-0.05, 0) is 271 Å². The summed E-state index contributed by atoms with van der Waals surface area (Å²) >= 11 is 0. The van der Waals surface area contributed by atoms with Gasteiger partial charge in [-0.2, -0.15) is 0 Å². The Kier molecular flexibility index (Phi) is 12.8. The van der Waals surface area contributed by atoms with E-state index < -0.39 is 0 Å². The normalized spacial score (nSPS) is 11.9. The van der Waals surface area contributed by atoms with Gasteiger partial charge in [0.05, 0.1) is 67.0 Å². The zero-order chi connectivity index (χ0) is 59.4. The number of nitrogens with one attached hydrogen (secondary N) is 6. The monoisotopic (exact) mass is 1110 g/mol. The van der Waals surface area contributed by atoms with Gasteiger partial charge in [0.15, 0.2) is 0 Å². The lowest BCUT2D eigenvalue weighted by molar-refractivity contribution is 1.28. The molecule has 8 heteroatoms. The zero-order valence-electron chi connectivity index (χ0n) is 50.8. The molecule has 0 radical (unpaired) electrons. The van der Waals surface area contributed by atoms with Crippen molar-refractivity contribution in [1.29, 1.82) is 0 Å². The third-order valence-electron chi connectivity index (χ3n) is 17.3. The van der Waals surface area contributed by atoms with E-state index in [1.165, 1.54) is 77.9 Å². The number of benzene rings is 4. The third kappa shape index (κ3) is 9.23. The van der Waals surface area contributed by atoms with Gasteiger partial charge in [-0.25, -0.2) is 9.97 Å². The predicted octanol–water partition coefficient (Wildman–Crippen LogP) is 19.5. The Morgan fingerprint density at radius 2 is 0.442 bits per heavy atom. The van der Waals surface area contributed by atoms with Crippen LogP contribution in [0.1, 0.15) is 101 Å². The molecular formula is C78H66N8. The lowest BCUT2D eigenvalue weighted by Crippen LogP contribution is -1.94. The van der Waals surface area contributed by atoms with Crippen LogP contribution in [0.4, 0.5) is 0 Å². The van der Waals surface area contributed by atoms with Crippen LogP contribution in [0.25, 0.3) is 135 Å². The van der Waals surface area contributed by atoms with E-state index in [0.717, 1.165) is 133 Å². The topological polar surface area (TPSA) is 121 Å². The molecule has 0 fully saturated rings. The second kappa shape index (κ2) is 20.7. The Morgan fingerprint density at radius 1 is 0.233 bits per heavy atom. The van der Waals surface area contributed by atoms with E-state index in [2.05, 4.69) is 282 Å². The predicted molar refractivity (Wildman–Crippen MR) is 363 cm³/mol. The molecule has 12 aromatic rings. The summed E-state index contributed by atoms with van der Waals surface area (Å²) in [5.41, 5.74) is 39.4. The molecule has 0 atom stereocenters. The van der Waals surface area contributed by atoms with Crippen molar-refractivity contribution in [3.05, 3.63) is 222 Å². The Bertz CT molecular complexity index is 4960. The van der Waals surface area contributed by atoms with Crippen molar-refractivity contribution in [3.8, 4) is 68.2 Å². The van der Waals surface area contributed by atoms with Crippen LogP contribution < -0.4 is 0 Å². The van der Waals surface area contributed by atoms with Crippen molar-refractivity contribution in [2.75, 3.05) is 0 Å². The number of aromatic amines is 6. The SMILES string of the molecule is Cc1cc(C)c(-c2c3nc(c(C#CC#Cc4c5nc(c(-c6c(C)cc(C)cc6C)c6ccc([nH]6)c6ccc([nH]6)c(-c6c(C)cc(C)cc6C)c6ccc4[nH]6)C=C5)c4ccc([nH]4)c(-c4c(C)cc(C)cc4C)c4ccc([nH]4)c4ccc2[nH]4)C=C3)c(C)c1. The molecule has 86 heavy (non-hydrogen) atoms. The molecule has 0 saturated heterocycles. The molecule has 10 heterocycles. The van der Waals surface area contributed by atoms with Gasteiger partial charge in [-0.3, -0.25) is 0 Å². The highest BCUT2D eigenvalue weighted by molar-refractivity contribution is 6.02. The number of aryl methyl sites for hydroxylation is 12. The van der Waals surface area contributed by atoms with Gasteiger partial charge >= 0.3 is 0 Å². The minimum atomic E-state index is 0.726. The van der Waals surface area contributed by atoms with Crippen LogP contribution in [0.3, 0.4) is 0 Å². The number of hydrogen-bond donors (Lipinski definition) is 6. The Morgan fingerprint density at radius 3 is 0.721 bits per heavy atom. The summed E-state index contributed by atoms with van der Waals surface area (Å²) < 4.78 is 0. The molecule has 418 valence electrons. The van der Waals surface area contributed by atoms with Crippen molar-refractivity contribution in [2.24, 2.45) is 0 Å². The Labute approximate surface area is 501 Å². The fourth-order valence-electron chi connectivity index (χ4n) is 14.1. The number of H-pyrrole nitrogens is 6. The van der Waals surface area contributed by atoms with Crippen LogP contribution >= 0.6 is 0 Å². The smallest absolute Gasteiger partial charge is 0.0815 e. The van der Waals surface area contributed by atoms with Crippen LogP contribution in [-0.4, -0.2) is 39.9 Å². The van der Waals surface area contributed by atoms with Gasteiger partial charge in [0, 0.05) is 55.4 Å². The number of aromatic nitrogens is 8. The van der Waals surface area contributed by atoms with E-state index in [1.807, 2.05) is 0 Å². The summed E-state index contributed by atoms with van der Waals surface area (Å²) in [4.78, 5) is 34.2. The van der Waals surface area contributed by atoms with E-state index in [1.54, 1.807) is 0 Å². The number of fused-ring (bicyclic) bond motifs is 18. The van der Waals surface area contributed by atoms with Crippen LogP contribution in [-0.2, 0) is 0 Å². The highest BCUT2D eigenvalue weighted by Gasteiger charge is 2.22. The van der Waals surface area contributed by atoms with E-state index in [9.17, 15) is 0 Å². The van der Waals surface area contributed by atoms with Crippen LogP contribution in [0.2, 0.25) is 0 Å². The van der Waals surface area contributed by atoms with Crippen LogP contribution in [0.15, 0.2) is 121 Å². The summed E-state index contributed by atoms with van der Waals surface area (Å²) in [5, 5.41) is 0. The molecule has 8 aromatic heterocycles. The van der Waals surface area contributed by atoms with Crippen LogP contribution in [0, 0.1) is 107 Å².